The molecule has 2 aromatic rings. The van der Waals surface area contributed by atoms with Crippen LogP contribution in [0.3, 0.4) is 0 Å². The Kier molecular flexibility index (Phi) is 5.20. The van der Waals surface area contributed by atoms with Gasteiger partial charge in [-0.2, -0.15) is 0 Å². The van der Waals surface area contributed by atoms with Crippen LogP contribution >= 0.6 is 0 Å². The Balaban J connectivity index is 1.61. The highest BCUT2D eigenvalue weighted by Crippen LogP contribution is 2.20. The lowest BCUT2D eigenvalue weighted by Crippen LogP contribution is -2.46. The van der Waals surface area contributed by atoms with E-state index in [0.717, 1.165) is 38.4 Å². The highest BCUT2D eigenvalue weighted by Gasteiger charge is 2.22. The Morgan fingerprint density at radius 1 is 1.17 bits per heavy atom. The molecule has 0 bridgehead atoms. The fraction of sp³-hybridized carbons (Fsp3) is 0.471. The molecule has 128 valence electrons. The number of rotatable bonds is 5. The molecular weight excluding hydrogens is 309 g/mol. The molecule has 0 spiro atoms. The minimum Gasteiger partial charge on any atom is -0.481 e. The smallest absolute Gasteiger partial charge is 0.213 e. The number of hydrogen-bond acceptors (Lipinski definition) is 6. The van der Waals surface area contributed by atoms with Crippen molar-refractivity contribution in [3.05, 3.63) is 41.7 Å². The number of hydrogen-bond donors (Lipinski definition) is 0. The zero-order valence-corrected chi connectivity index (χ0v) is 14.1. The summed E-state index contributed by atoms with van der Waals surface area (Å²) in [6, 6.07) is 5.77. The van der Waals surface area contributed by atoms with E-state index >= 15 is 0 Å². The number of anilines is 1. The van der Waals surface area contributed by atoms with Gasteiger partial charge in [0.25, 0.3) is 0 Å². The Bertz CT molecular complexity index is 688. The summed E-state index contributed by atoms with van der Waals surface area (Å²) in [6.07, 6.45) is 2.02. The van der Waals surface area contributed by atoms with Gasteiger partial charge in [0.15, 0.2) is 11.6 Å². The Morgan fingerprint density at radius 3 is 2.67 bits per heavy atom. The molecule has 7 heteroatoms. The van der Waals surface area contributed by atoms with Crippen LogP contribution in [0.25, 0.3) is 0 Å². The van der Waals surface area contributed by atoms with Crippen LogP contribution in [-0.4, -0.2) is 53.1 Å². The molecule has 24 heavy (non-hydrogen) atoms. The van der Waals surface area contributed by atoms with Crippen LogP contribution in [0.2, 0.25) is 0 Å². The second-order valence-electron chi connectivity index (χ2n) is 5.75. The molecule has 1 saturated heterocycles. The van der Waals surface area contributed by atoms with Gasteiger partial charge in [0.1, 0.15) is 6.33 Å². The lowest BCUT2D eigenvalue weighted by Gasteiger charge is -2.35. The quantitative estimate of drug-likeness (QED) is 0.834. The molecule has 1 aliphatic rings. The number of pyridine rings is 1. The average molecular weight is 331 g/mol. The van der Waals surface area contributed by atoms with Crippen LogP contribution < -0.4 is 9.64 Å². The van der Waals surface area contributed by atoms with Gasteiger partial charge in [-0.05, 0) is 12.5 Å². The number of nitrogens with zero attached hydrogens (tertiary/aromatic N) is 5. The SMILES string of the molecule is CCc1ncnc(N2CCN(Cc3cccc(OC)n3)CC2)c1F. The first-order valence-corrected chi connectivity index (χ1v) is 8.18. The van der Waals surface area contributed by atoms with E-state index in [-0.39, 0.29) is 5.82 Å². The van der Waals surface area contributed by atoms with Crippen molar-refractivity contribution in [2.24, 2.45) is 0 Å². The number of halogens is 1. The summed E-state index contributed by atoms with van der Waals surface area (Å²) in [4.78, 5) is 16.9. The molecule has 0 N–H and O–H groups in total. The number of ether oxygens (including phenoxy) is 1. The molecule has 0 radical (unpaired) electrons. The van der Waals surface area contributed by atoms with Crippen molar-refractivity contribution in [3.8, 4) is 5.88 Å². The van der Waals surface area contributed by atoms with Crippen molar-refractivity contribution in [3.63, 3.8) is 0 Å². The third kappa shape index (κ3) is 3.62. The number of aryl methyl sites for hydroxylation is 1. The van der Waals surface area contributed by atoms with Crippen molar-refractivity contribution in [1.29, 1.82) is 0 Å². The highest BCUT2D eigenvalue weighted by atomic mass is 19.1. The monoisotopic (exact) mass is 331 g/mol. The van der Waals surface area contributed by atoms with Crippen LogP contribution in [0.4, 0.5) is 10.2 Å². The van der Waals surface area contributed by atoms with E-state index in [9.17, 15) is 4.39 Å². The molecule has 3 rings (SSSR count). The lowest BCUT2D eigenvalue weighted by atomic mass is 10.2. The van der Waals surface area contributed by atoms with Crippen molar-refractivity contribution in [1.82, 2.24) is 19.9 Å². The molecule has 2 aromatic heterocycles. The zero-order valence-electron chi connectivity index (χ0n) is 14.1. The summed E-state index contributed by atoms with van der Waals surface area (Å²) in [7, 11) is 1.62. The van der Waals surface area contributed by atoms with Gasteiger partial charge < -0.3 is 9.64 Å². The van der Waals surface area contributed by atoms with Crippen LogP contribution in [0.15, 0.2) is 24.5 Å². The van der Waals surface area contributed by atoms with Gasteiger partial charge in [-0.1, -0.05) is 13.0 Å². The highest BCUT2D eigenvalue weighted by molar-refractivity contribution is 5.41. The van der Waals surface area contributed by atoms with Crippen LogP contribution in [-0.2, 0) is 13.0 Å². The molecule has 0 unspecified atom stereocenters. The molecule has 3 heterocycles. The van der Waals surface area contributed by atoms with Gasteiger partial charge in [0.05, 0.1) is 18.5 Å². The normalized spacial score (nSPS) is 15.5. The zero-order chi connectivity index (χ0) is 16.9. The van der Waals surface area contributed by atoms with Crippen LogP contribution in [0.1, 0.15) is 18.3 Å². The minimum atomic E-state index is -0.289. The summed E-state index contributed by atoms with van der Waals surface area (Å²) in [6.45, 7) is 5.81. The summed E-state index contributed by atoms with van der Waals surface area (Å²) < 4.78 is 19.5. The Hall–Kier alpha value is -2.28. The fourth-order valence-corrected chi connectivity index (χ4v) is 2.87. The maximum Gasteiger partial charge on any atom is 0.213 e. The van der Waals surface area contributed by atoms with E-state index in [1.54, 1.807) is 7.11 Å². The Morgan fingerprint density at radius 2 is 1.96 bits per heavy atom. The second-order valence-corrected chi connectivity index (χ2v) is 5.75. The second kappa shape index (κ2) is 7.53. The average Bonchev–Trinajstić information content (AvgIpc) is 2.63. The van der Waals surface area contributed by atoms with Gasteiger partial charge in [-0.15, -0.1) is 0 Å². The van der Waals surface area contributed by atoms with Crippen molar-refractivity contribution in [2.75, 3.05) is 38.2 Å². The number of aromatic nitrogens is 3. The predicted molar refractivity (Wildman–Crippen MR) is 89.6 cm³/mol. The van der Waals surface area contributed by atoms with Gasteiger partial charge >= 0.3 is 0 Å². The summed E-state index contributed by atoms with van der Waals surface area (Å²) in [5.41, 5.74) is 1.45. The van der Waals surface area contributed by atoms with E-state index in [4.69, 9.17) is 4.74 Å². The van der Waals surface area contributed by atoms with Crippen LogP contribution in [0.5, 0.6) is 5.88 Å². The van der Waals surface area contributed by atoms with E-state index in [1.165, 1.54) is 6.33 Å². The molecule has 0 aromatic carbocycles. The number of piperazine rings is 1. The van der Waals surface area contributed by atoms with Gasteiger partial charge in [0.2, 0.25) is 5.88 Å². The van der Waals surface area contributed by atoms with Gasteiger partial charge in [-0.25, -0.2) is 19.3 Å². The van der Waals surface area contributed by atoms with Crippen molar-refractivity contribution >= 4 is 5.82 Å². The molecule has 0 aliphatic carbocycles. The van der Waals surface area contributed by atoms with Crippen molar-refractivity contribution < 1.29 is 9.13 Å². The number of methoxy groups -OCH3 is 1. The molecule has 0 atom stereocenters. The topological polar surface area (TPSA) is 54.4 Å². The molecule has 1 aliphatic heterocycles. The standard InChI is InChI=1S/C17H22FN5O/c1-3-14-16(18)17(20-12-19-14)23-9-7-22(8-10-23)11-13-5-4-6-15(21-13)24-2/h4-6,12H,3,7-11H2,1-2H3. The Labute approximate surface area is 141 Å². The van der Waals surface area contributed by atoms with Crippen molar-refractivity contribution in [2.45, 2.75) is 19.9 Å². The first-order chi connectivity index (χ1) is 11.7. The van der Waals surface area contributed by atoms with Gasteiger partial charge in [-0.3, -0.25) is 4.90 Å². The maximum absolute atomic E-state index is 14.4. The molecule has 0 amide bonds. The van der Waals surface area contributed by atoms with E-state index < -0.39 is 0 Å². The third-order valence-electron chi connectivity index (χ3n) is 4.23. The minimum absolute atomic E-state index is 0.289. The van der Waals surface area contributed by atoms with Gasteiger partial charge in [0, 0.05) is 38.8 Å². The summed E-state index contributed by atoms with van der Waals surface area (Å²) in [5, 5.41) is 0. The fourth-order valence-electron chi connectivity index (χ4n) is 2.87. The first-order valence-electron chi connectivity index (χ1n) is 8.18. The van der Waals surface area contributed by atoms with E-state index in [0.29, 0.717) is 23.8 Å². The third-order valence-corrected chi connectivity index (χ3v) is 4.23. The maximum atomic E-state index is 14.4. The predicted octanol–water partition coefficient (Wildman–Crippen LogP) is 1.90. The molecule has 1 fully saturated rings. The van der Waals surface area contributed by atoms with Crippen LogP contribution in [0, 0.1) is 5.82 Å². The first kappa shape index (κ1) is 16.6. The summed E-state index contributed by atoms with van der Waals surface area (Å²) >= 11 is 0. The lowest BCUT2D eigenvalue weighted by molar-refractivity contribution is 0.244. The van der Waals surface area contributed by atoms with E-state index in [2.05, 4.69) is 19.9 Å². The largest absolute Gasteiger partial charge is 0.481 e. The summed E-state index contributed by atoms with van der Waals surface area (Å²) in [5.74, 6) is 0.755. The van der Waals surface area contributed by atoms with E-state index in [1.807, 2.05) is 30.0 Å². The molecule has 0 saturated carbocycles. The molecule has 6 nitrogen and oxygen atoms in total. The molecular formula is C17H22FN5O.